The molecule has 1 aromatic carbocycles. The van der Waals surface area contributed by atoms with Crippen LogP contribution in [0.5, 0.6) is 5.75 Å². The highest BCUT2D eigenvalue weighted by Crippen LogP contribution is 2.17. The molecule has 2 rings (SSSR count). The quantitative estimate of drug-likeness (QED) is 0.754. The first-order valence-corrected chi connectivity index (χ1v) is 8.66. The van der Waals surface area contributed by atoms with Crippen molar-refractivity contribution in [1.29, 1.82) is 0 Å². The second kappa shape index (κ2) is 7.22. The van der Waals surface area contributed by atoms with Crippen LogP contribution < -0.4 is 15.2 Å². The van der Waals surface area contributed by atoms with Gasteiger partial charge in [-0.25, -0.2) is 13.6 Å². The average Bonchev–Trinajstić information content (AvgIpc) is 2.86. The van der Waals surface area contributed by atoms with Gasteiger partial charge in [0, 0.05) is 13.1 Å². The number of sulfonamides is 1. The first-order valence-electron chi connectivity index (χ1n) is 7.11. The molecule has 0 saturated carbocycles. The lowest BCUT2D eigenvalue weighted by molar-refractivity contribution is 0.232. The van der Waals surface area contributed by atoms with Gasteiger partial charge in [0.25, 0.3) is 0 Å². The molecule has 0 bridgehead atoms. The normalized spacial score (nSPS) is 19.8. The number of nitrogens with zero attached hydrogens (tertiary/aromatic N) is 1. The van der Waals surface area contributed by atoms with E-state index < -0.39 is 10.0 Å². The summed E-state index contributed by atoms with van der Waals surface area (Å²) in [4.78, 5) is 2.49. The average molecular weight is 313 g/mol. The summed E-state index contributed by atoms with van der Waals surface area (Å²) in [6, 6.07) is 6.19. The standard InChI is InChI=1S/C14H23N3O3S/c1-16-10-12-6-7-17(11-12)8-9-20-13-2-4-14(5-3-13)21(15,18)19/h2-5,12,16H,6-11H2,1H3,(H2,15,18,19). The van der Waals surface area contributed by atoms with E-state index in [0.29, 0.717) is 12.4 Å². The van der Waals surface area contributed by atoms with Gasteiger partial charge in [-0.05, 0) is 56.7 Å². The molecule has 0 spiro atoms. The fourth-order valence-corrected chi connectivity index (χ4v) is 3.10. The zero-order valence-corrected chi connectivity index (χ0v) is 13.1. The molecule has 1 aliphatic heterocycles. The van der Waals surface area contributed by atoms with Crippen LogP contribution in [-0.2, 0) is 10.0 Å². The Bertz CT molecular complexity index is 545. The lowest BCUT2D eigenvalue weighted by atomic mass is 10.1. The molecule has 0 aliphatic carbocycles. The van der Waals surface area contributed by atoms with Crippen LogP contribution in [-0.4, -0.2) is 53.2 Å². The Balaban J connectivity index is 1.74. The molecule has 1 atom stereocenters. The highest BCUT2D eigenvalue weighted by Gasteiger charge is 2.21. The summed E-state index contributed by atoms with van der Waals surface area (Å²) in [5.74, 6) is 1.39. The number of benzene rings is 1. The van der Waals surface area contributed by atoms with E-state index in [2.05, 4.69) is 10.2 Å². The molecule has 3 N–H and O–H groups in total. The van der Waals surface area contributed by atoms with Crippen LogP contribution in [0.1, 0.15) is 6.42 Å². The maximum Gasteiger partial charge on any atom is 0.238 e. The number of rotatable bonds is 7. The first-order chi connectivity index (χ1) is 9.99. The van der Waals surface area contributed by atoms with E-state index in [1.807, 2.05) is 7.05 Å². The molecular formula is C14H23N3O3S. The van der Waals surface area contributed by atoms with E-state index in [0.717, 1.165) is 32.1 Å². The van der Waals surface area contributed by atoms with Gasteiger partial charge in [0.1, 0.15) is 12.4 Å². The number of nitrogens with one attached hydrogen (secondary N) is 1. The first kappa shape index (κ1) is 16.2. The number of nitrogens with two attached hydrogens (primary N) is 1. The molecule has 1 aromatic rings. The minimum atomic E-state index is -3.63. The molecule has 118 valence electrons. The van der Waals surface area contributed by atoms with Gasteiger partial charge in [-0.1, -0.05) is 0 Å². The van der Waals surface area contributed by atoms with Crippen molar-refractivity contribution in [3.63, 3.8) is 0 Å². The number of hydrogen-bond donors (Lipinski definition) is 2. The molecule has 1 saturated heterocycles. The zero-order valence-electron chi connectivity index (χ0n) is 12.3. The van der Waals surface area contributed by atoms with Crippen molar-refractivity contribution < 1.29 is 13.2 Å². The van der Waals surface area contributed by atoms with Crippen LogP contribution in [0.25, 0.3) is 0 Å². The molecule has 1 unspecified atom stereocenters. The maximum atomic E-state index is 11.1. The predicted molar refractivity (Wildman–Crippen MR) is 81.8 cm³/mol. The van der Waals surface area contributed by atoms with Crippen molar-refractivity contribution >= 4 is 10.0 Å². The number of likely N-dealkylation sites (tertiary alicyclic amines) is 1. The fourth-order valence-electron chi connectivity index (χ4n) is 2.59. The summed E-state index contributed by atoms with van der Waals surface area (Å²) in [5.41, 5.74) is 0. The molecule has 1 aliphatic rings. The maximum absolute atomic E-state index is 11.1. The number of ether oxygens (including phenoxy) is 1. The smallest absolute Gasteiger partial charge is 0.238 e. The minimum Gasteiger partial charge on any atom is -0.492 e. The Kier molecular flexibility index (Phi) is 5.58. The highest BCUT2D eigenvalue weighted by atomic mass is 32.2. The lowest BCUT2D eigenvalue weighted by Gasteiger charge is -2.16. The lowest BCUT2D eigenvalue weighted by Crippen LogP contribution is -2.28. The van der Waals surface area contributed by atoms with Crippen molar-refractivity contribution in [1.82, 2.24) is 10.2 Å². The molecule has 1 heterocycles. The van der Waals surface area contributed by atoms with E-state index in [1.54, 1.807) is 12.1 Å². The van der Waals surface area contributed by atoms with Crippen molar-refractivity contribution in [3.8, 4) is 5.75 Å². The number of hydrogen-bond acceptors (Lipinski definition) is 5. The van der Waals surface area contributed by atoms with Crippen LogP contribution in [0.4, 0.5) is 0 Å². The topological polar surface area (TPSA) is 84.7 Å². The second-order valence-electron chi connectivity index (χ2n) is 5.38. The van der Waals surface area contributed by atoms with Crippen LogP contribution in [0.2, 0.25) is 0 Å². The summed E-state index contributed by atoms with van der Waals surface area (Å²) in [5, 5.41) is 8.26. The molecule has 6 nitrogen and oxygen atoms in total. The summed E-state index contributed by atoms with van der Waals surface area (Å²) < 4.78 is 27.9. The molecular weight excluding hydrogens is 290 g/mol. The van der Waals surface area contributed by atoms with Gasteiger partial charge >= 0.3 is 0 Å². The van der Waals surface area contributed by atoms with Gasteiger partial charge in [-0.15, -0.1) is 0 Å². The third-order valence-electron chi connectivity index (χ3n) is 3.69. The molecule has 0 amide bonds. The number of primary sulfonamides is 1. The summed E-state index contributed by atoms with van der Waals surface area (Å²) in [7, 11) is -1.65. The van der Waals surface area contributed by atoms with Gasteiger partial charge in [0.05, 0.1) is 4.90 Å². The van der Waals surface area contributed by atoms with Crippen molar-refractivity contribution in [2.45, 2.75) is 11.3 Å². The third kappa shape index (κ3) is 4.96. The molecule has 0 aromatic heterocycles. The van der Waals surface area contributed by atoms with Crippen molar-refractivity contribution in [2.75, 3.05) is 39.8 Å². The Morgan fingerprint density at radius 2 is 2.10 bits per heavy atom. The molecule has 1 fully saturated rings. The summed E-state index contributed by atoms with van der Waals surface area (Å²) in [6.45, 7) is 4.76. The van der Waals surface area contributed by atoms with Gasteiger partial charge in [-0.2, -0.15) is 0 Å². The van der Waals surface area contributed by atoms with Crippen molar-refractivity contribution in [2.24, 2.45) is 11.1 Å². The van der Waals surface area contributed by atoms with E-state index >= 15 is 0 Å². The Morgan fingerprint density at radius 3 is 2.71 bits per heavy atom. The van der Waals surface area contributed by atoms with Gasteiger partial charge in [-0.3, -0.25) is 4.90 Å². The van der Waals surface area contributed by atoms with E-state index in [9.17, 15) is 8.42 Å². The van der Waals surface area contributed by atoms with Crippen LogP contribution in [0, 0.1) is 5.92 Å². The van der Waals surface area contributed by atoms with E-state index in [4.69, 9.17) is 9.88 Å². The van der Waals surface area contributed by atoms with E-state index in [1.165, 1.54) is 18.6 Å². The second-order valence-corrected chi connectivity index (χ2v) is 6.94. The monoisotopic (exact) mass is 313 g/mol. The van der Waals surface area contributed by atoms with Gasteiger partial charge < -0.3 is 10.1 Å². The summed E-state index contributed by atoms with van der Waals surface area (Å²) in [6.07, 6.45) is 1.23. The highest BCUT2D eigenvalue weighted by molar-refractivity contribution is 7.89. The molecule has 0 radical (unpaired) electrons. The summed E-state index contributed by atoms with van der Waals surface area (Å²) >= 11 is 0. The molecule has 21 heavy (non-hydrogen) atoms. The molecule has 7 heteroatoms. The third-order valence-corrected chi connectivity index (χ3v) is 4.62. The van der Waals surface area contributed by atoms with E-state index in [-0.39, 0.29) is 4.90 Å². The SMILES string of the molecule is CNCC1CCN(CCOc2ccc(S(N)(=O)=O)cc2)C1. The fraction of sp³-hybridized carbons (Fsp3) is 0.571. The van der Waals surface area contributed by atoms with Crippen LogP contribution in [0.3, 0.4) is 0 Å². The van der Waals surface area contributed by atoms with Crippen LogP contribution >= 0.6 is 0 Å². The Morgan fingerprint density at radius 1 is 1.38 bits per heavy atom. The Labute approximate surface area is 126 Å². The Hall–Kier alpha value is -1.15. The van der Waals surface area contributed by atoms with Gasteiger partial charge in [0.15, 0.2) is 0 Å². The largest absolute Gasteiger partial charge is 0.492 e. The predicted octanol–water partition coefficient (Wildman–Crippen LogP) is 0.254. The van der Waals surface area contributed by atoms with Crippen molar-refractivity contribution in [3.05, 3.63) is 24.3 Å². The minimum absolute atomic E-state index is 0.101. The zero-order chi connectivity index (χ0) is 15.3. The van der Waals surface area contributed by atoms with Gasteiger partial charge in [0.2, 0.25) is 10.0 Å². The van der Waals surface area contributed by atoms with Crippen LogP contribution in [0.15, 0.2) is 29.2 Å².